The maximum Gasteiger partial charge on any atom is 0.0892 e. The van der Waals surface area contributed by atoms with E-state index in [2.05, 4.69) is 6.92 Å². The summed E-state index contributed by atoms with van der Waals surface area (Å²) in [7, 11) is 0. The van der Waals surface area contributed by atoms with Crippen LogP contribution >= 0.6 is 11.8 Å². The lowest BCUT2D eigenvalue weighted by atomic mass is 10.2. The monoisotopic (exact) mass is 226 g/mol. The van der Waals surface area contributed by atoms with Crippen LogP contribution in [-0.2, 0) is 0 Å². The summed E-state index contributed by atoms with van der Waals surface area (Å²) in [6.07, 6.45) is 1.30. The minimum Gasteiger partial charge on any atom is -0.394 e. The Morgan fingerprint density at radius 1 is 1.27 bits per heavy atom. The molecule has 2 nitrogen and oxygen atoms in total. The van der Waals surface area contributed by atoms with Crippen LogP contribution in [-0.4, -0.2) is 28.2 Å². The zero-order valence-electron chi connectivity index (χ0n) is 8.97. The van der Waals surface area contributed by atoms with Gasteiger partial charge in [0.05, 0.1) is 12.7 Å². The van der Waals surface area contributed by atoms with Crippen LogP contribution in [0.2, 0.25) is 0 Å². The minimum absolute atomic E-state index is 0.0856. The summed E-state index contributed by atoms with van der Waals surface area (Å²) in [6, 6.07) is 9.99. The Morgan fingerprint density at radius 2 is 1.93 bits per heavy atom. The van der Waals surface area contributed by atoms with Gasteiger partial charge in [-0.1, -0.05) is 31.5 Å². The zero-order chi connectivity index (χ0) is 11.1. The zero-order valence-corrected chi connectivity index (χ0v) is 9.78. The highest BCUT2D eigenvalue weighted by Crippen LogP contribution is 2.28. The summed E-state index contributed by atoms with van der Waals surface area (Å²) >= 11 is 1.64. The smallest absolute Gasteiger partial charge is 0.0892 e. The van der Waals surface area contributed by atoms with Gasteiger partial charge in [0.15, 0.2) is 0 Å². The predicted octanol–water partition coefficient (Wildman–Crippen LogP) is 2.30. The molecule has 0 heterocycles. The highest BCUT2D eigenvalue weighted by atomic mass is 32.2. The second kappa shape index (κ2) is 6.88. The number of hydrogen-bond acceptors (Lipinski definition) is 3. The van der Waals surface area contributed by atoms with Crippen molar-refractivity contribution in [2.75, 3.05) is 6.61 Å². The molecule has 0 aromatic heterocycles. The van der Waals surface area contributed by atoms with E-state index in [0.29, 0.717) is 0 Å². The van der Waals surface area contributed by atoms with Gasteiger partial charge < -0.3 is 10.2 Å². The molecule has 1 aromatic carbocycles. The van der Waals surface area contributed by atoms with Crippen LogP contribution in [0, 0.1) is 0 Å². The lowest BCUT2D eigenvalue weighted by Crippen LogP contribution is -2.26. The summed E-state index contributed by atoms with van der Waals surface area (Å²) in [6.45, 7) is 1.92. The molecule has 15 heavy (non-hydrogen) atoms. The van der Waals surface area contributed by atoms with E-state index in [1.54, 1.807) is 11.8 Å². The molecule has 2 atom stereocenters. The first kappa shape index (κ1) is 12.6. The molecule has 1 rings (SSSR count). The van der Waals surface area contributed by atoms with E-state index >= 15 is 0 Å². The Kier molecular flexibility index (Phi) is 5.76. The molecular formula is C12H18O2S. The fourth-order valence-corrected chi connectivity index (χ4v) is 2.67. The average molecular weight is 226 g/mol. The largest absolute Gasteiger partial charge is 0.394 e. The van der Waals surface area contributed by atoms with Crippen molar-refractivity contribution in [3.05, 3.63) is 30.3 Å². The van der Waals surface area contributed by atoms with E-state index in [9.17, 15) is 5.11 Å². The van der Waals surface area contributed by atoms with E-state index in [1.807, 2.05) is 30.3 Å². The van der Waals surface area contributed by atoms with Crippen LogP contribution in [0.1, 0.15) is 19.8 Å². The third kappa shape index (κ3) is 4.24. The lowest BCUT2D eigenvalue weighted by molar-refractivity contribution is 0.0911. The summed E-state index contributed by atoms with van der Waals surface area (Å²) in [4.78, 5) is 1.14. The van der Waals surface area contributed by atoms with Crippen molar-refractivity contribution in [3.63, 3.8) is 0 Å². The van der Waals surface area contributed by atoms with Gasteiger partial charge in [-0.05, 0) is 18.6 Å². The summed E-state index contributed by atoms with van der Waals surface area (Å²) in [5, 5.41) is 18.7. The van der Waals surface area contributed by atoms with E-state index < -0.39 is 6.10 Å². The van der Waals surface area contributed by atoms with Crippen LogP contribution in [0.4, 0.5) is 0 Å². The maximum absolute atomic E-state index is 9.64. The third-order valence-electron chi connectivity index (χ3n) is 2.22. The number of thioether (sulfide) groups is 1. The van der Waals surface area contributed by atoms with Crippen molar-refractivity contribution in [2.24, 2.45) is 0 Å². The predicted molar refractivity (Wildman–Crippen MR) is 64.1 cm³/mol. The van der Waals surface area contributed by atoms with Crippen LogP contribution in [0.15, 0.2) is 35.2 Å². The number of rotatable bonds is 6. The first-order valence-electron chi connectivity index (χ1n) is 5.28. The Morgan fingerprint density at radius 3 is 2.47 bits per heavy atom. The van der Waals surface area contributed by atoms with Gasteiger partial charge in [0, 0.05) is 10.1 Å². The highest BCUT2D eigenvalue weighted by molar-refractivity contribution is 8.00. The minimum atomic E-state index is -0.629. The van der Waals surface area contributed by atoms with Crippen molar-refractivity contribution in [1.29, 1.82) is 0 Å². The number of benzene rings is 1. The number of hydrogen-bond donors (Lipinski definition) is 2. The van der Waals surface area contributed by atoms with Gasteiger partial charge in [-0.2, -0.15) is 0 Å². The molecule has 84 valence electrons. The molecule has 0 amide bonds. The average Bonchev–Trinajstić information content (AvgIpc) is 2.29. The molecule has 0 aliphatic carbocycles. The number of aliphatic hydroxyl groups excluding tert-OH is 2. The Hall–Kier alpha value is -0.510. The summed E-state index contributed by atoms with van der Waals surface area (Å²) in [5.74, 6) is 0. The highest BCUT2D eigenvalue weighted by Gasteiger charge is 2.18. The fourth-order valence-electron chi connectivity index (χ4n) is 1.41. The van der Waals surface area contributed by atoms with E-state index in [4.69, 9.17) is 5.11 Å². The van der Waals surface area contributed by atoms with Gasteiger partial charge in [-0.3, -0.25) is 0 Å². The molecule has 0 radical (unpaired) electrons. The normalized spacial score (nSPS) is 14.9. The van der Waals surface area contributed by atoms with Crippen LogP contribution in [0.3, 0.4) is 0 Å². The van der Waals surface area contributed by atoms with E-state index in [-0.39, 0.29) is 11.9 Å². The van der Waals surface area contributed by atoms with Gasteiger partial charge in [0.1, 0.15) is 0 Å². The van der Waals surface area contributed by atoms with E-state index in [0.717, 1.165) is 17.7 Å². The molecule has 0 unspecified atom stereocenters. The molecule has 0 saturated carbocycles. The third-order valence-corrected chi connectivity index (χ3v) is 3.62. The van der Waals surface area contributed by atoms with E-state index in [1.165, 1.54) is 0 Å². The SMILES string of the molecule is CCC[C@H](Sc1ccccc1)[C@@H](O)CO. The van der Waals surface area contributed by atoms with Gasteiger partial charge in [-0.15, -0.1) is 11.8 Å². The van der Waals surface area contributed by atoms with Crippen LogP contribution < -0.4 is 0 Å². The topological polar surface area (TPSA) is 40.5 Å². The van der Waals surface area contributed by atoms with Gasteiger partial charge in [0.2, 0.25) is 0 Å². The molecule has 0 aliphatic heterocycles. The summed E-state index contributed by atoms with van der Waals surface area (Å²) < 4.78 is 0. The Balaban J connectivity index is 2.58. The first-order valence-corrected chi connectivity index (χ1v) is 6.16. The molecular weight excluding hydrogens is 208 g/mol. The van der Waals surface area contributed by atoms with Crippen molar-refractivity contribution in [1.82, 2.24) is 0 Å². The van der Waals surface area contributed by atoms with Crippen molar-refractivity contribution in [2.45, 2.75) is 36.0 Å². The second-order valence-corrected chi connectivity index (χ2v) is 4.82. The second-order valence-electron chi connectivity index (χ2n) is 3.51. The summed E-state index contributed by atoms with van der Waals surface area (Å²) in [5.41, 5.74) is 0. The quantitative estimate of drug-likeness (QED) is 0.731. The van der Waals surface area contributed by atoms with Crippen molar-refractivity contribution in [3.8, 4) is 0 Å². The van der Waals surface area contributed by atoms with Gasteiger partial charge in [0.25, 0.3) is 0 Å². The van der Waals surface area contributed by atoms with Gasteiger partial charge in [-0.25, -0.2) is 0 Å². The fraction of sp³-hybridized carbons (Fsp3) is 0.500. The van der Waals surface area contributed by atoms with Gasteiger partial charge >= 0.3 is 0 Å². The molecule has 0 aliphatic rings. The van der Waals surface area contributed by atoms with Crippen LogP contribution in [0.25, 0.3) is 0 Å². The number of aliphatic hydroxyl groups is 2. The lowest BCUT2D eigenvalue weighted by Gasteiger charge is -2.20. The molecule has 0 bridgehead atoms. The Labute approximate surface area is 95.3 Å². The Bertz CT molecular complexity index is 264. The standard InChI is InChI=1S/C12H18O2S/c1-2-6-12(11(14)9-13)15-10-7-4-3-5-8-10/h3-5,7-8,11-14H,2,6,9H2,1H3/t11-,12-/m0/s1. The molecule has 3 heteroatoms. The maximum atomic E-state index is 9.64. The van der Waals surface area contributed by atoms with Crippen LogP contribution in [0.5, 0.6) is 0 Å². The van der Waals surface area contributed by atoms with Crippen molar-refractivity contribution >= 4 is 11.8 Å². The molecule has 0 saturated heterocycles. The first-order chi connectivity index (χ1) is 7.27. The molecule has 0 fully saturated rings. The molecule has 2 N–H and O–H groups in total. The van der Waals surface area contributed by atoms with Crippen molar-refractivity contribution < 1.29 is 10.2 Å². The molecule has 0 spiro atoms. The molecule has 1 aromatic rings.